The Balaban J connectivity index is 1.82. The number of allylic oxidation sites excluding steroid dienone is 1. The third-order valence-electron chi connectivity index (χ3n) is 4.90. The molecule has 2 saturated carbocycles. The molecule has 1 N–H and O–H groups in total. The van der Waals surface area contributed by atoms with Gasteiger partial charge in [0, 0.05) is 13.1 Å². The summed E-state index contributed by atoms with van der Waals surface area (Å²) in [6, 6.07) is 8.94. The first-order valence-corrected chi connectivity index (χ1v) is 7.81. The van der Waals surface area contributed by atoms with Crippen LogP contribution in [0.3, 0.4) is 0 Å². The smallest absolute Gasteiger partial charge is 0.244 e. The number of rotatable bonds is 4. The van der Waals surface area contributed by atoms with Gasteiger partial charge in [0.25, 0.3) is 0 Å². The van der Waals surface area contributed by atoms with Gasteiger partial charge in [-0.1, -0.05) is 37.1 Å². The van der Waals surface area contributed by atoms with Gasteiger partial charge in [0.15, 0.2) is 0 Å². The monoisotopic (exact) mass is 269 g/mol. The maximum Gasteiger partial charge on any atom is 0.244 e. The van der Waals surface area contributed by atoms with E-state index in [2.05, 4.69) is 29.6 Å². The number of carbonyl (C=O) groups is 1. The molecule has 0 bridgehead atoms. The summed E-state index contributed by atoms with van der Waals surface area (Å²) in [4.78, 5) is 11.7. The zero-order valence-corrected chi connectivity index (χ0v) is 12.2. The molecule has 2 heteroatoms. The Morgan fingerprint density at radius 1 is 1.10 bits per heavy atom. The van der Waals surface area contributed by atoms with E-state index in [1.807, 2.05) is 0 Å². The molecule has 106 valence electrons. The summed E-state index contributed by atoms with van der Waals surface area (Å²) >= 11 is 0. The van der Waals surface area contributed by atoms with E-state index in [0.29, 0.717) is 5.92 Å². The molecule has 2 fully saturated rings. The maximum atomic E-state index is 11.7. The minimum absolute atomic E-state index is 0.00923. The first kappa shape index (κ1) is 13.4. The first-order valence-electron chi connectivity index (χ1n) is 7.81. The highest BCUT2D eigenvalue weighted by atomic mass is 16.1. The number of carbonyl (C=O) groups excluding carboxylic acids is 1. The molecule has 0 spiro atoms. The Morgan fingerprint density at radius 2 is 1.75 bits per heavy atom. The number of hydrogen-bond donors (Lipinski definition) is 1. The Hall–Kier alpha value is -1.57. The van der Waals surface area contributed by atoms with Crippen molar-refractivity contribution in [1.29, 1.82) is 0 Å². The van der Waals surface area contributed by atoms with Gasteiger partial charge in [0.1, 0.15) is 0 Å². The van der Waals surface area contributed by atoms with Crippen LogP contribution in [0, 0.1) is 5.92 Å². The van der Waals surface area contributed by atoms with Crippen molar-refractivity contribution >= 4 is 11.5 Å². The van der Waals surface area contributed by atoms with Crippen molar-refractivity contribution in [1.82, 2.24) is 5.32 Å². The minimum Gasteiger partial charge on any atom is -0.356 e. The van der Waals surface area contributed by atoms with Gasteiger partial charge in [-0.2, -0.15) is 0 Å². The van der Waals surface area contributed by atoms with Crippen LogP contribution in [0.4, 0.5) is 0 Å². The van der Waals surface area contributed by atoms with Crippen LogP contribution in [0.1, 0.15) is 55.6 Å². The lowest BCUT2D eigenvalue weighted by molar-refractivity contribution is -0.116. The molecule has 20 heavy (non-hydrogen) atoms. The van der Waals surface area contributed by atoms with E-state index in [9.17, 15) is 4.79 Å². The van der Waals surface area contributed by atoms with Gasteiger partial charge in [-0.15, -0.1) is 0 Å². The summed E-state index contributed by atoms with van der Waals surface area (Å²) in [6.07, 6.45) is 9.56. The largest absolute Gasteiger partial charge is 0.356 e. The van der Waals surface area contributed by atoms with Gasteiger partial charge >= 0.3 is 0 Å². The molecule has 0 aromatic heterocycles. The summed E-state index contributed by atoms with van der Waals surface area (Å²) in [5, 5.41) is 2.70. The summed E-state index contributed by atoms with van der Waals surface area (Å²) in [5.41, 5.74) is 3.91. The van der Waals surface area contributed by atoms with E-state index in [-0.39, 0.29) is 5.91 Å². The van der Waals surface area contributed by atoms with E-state index in [0.717, 1.165) is 5.92 Å². The van der Waals surface area contributed by atoms with Gasteiger partial charge in [-0.3, -0.25) is 4.79 Å². The fraction of sp³-hybridized carbons (Fsp3) is 0.500. The predicted molar refractivity (Wildman–Crippen MR) is 82.4 cm³/mol. The van der Waals surface area contributed by atoms with Crippen LogP contribution in [0.25, 0.3) is 5.57 Å². The van der Waals surface area contributed by atoms with Crippen LogP contribution in [0.2, 0.25) is 0 Å². The summed E-state index contributed by atoms with van der Waals surface area (Å²) in [5.74, 6) is 1.36. The van der Waals surface area contributed by atoms with E-state index < -0.39 is 0 Å². The quantitative estimate of drug-likeness (QED) is 0.826. The molecule has 0 aliphatic heterocycles. The molecule has 1 amide bonds. The second kappa shape index (κ2) is 5.82. The SMILES string of the molecule is CNC(=O)/C=C(/c1ccc(C2CCC2)cc1)C1CCC1. The van der Waals surface area contributed by atoms with Crippen molar-refractivity contribution in [3.05, 3.63) is 41.5 Å². The van der Waals surface area contributed by atoms with Gasteiger partial charge < -0.3 is 5.32 Å². The molecule has 2 aliphatic carbocycles. The average molecular weight is 269 g/mol. The predicted octanol–water partition coefficient (Wildman–Crippen LogP) is 3.88. The fourth-order valence-electron chi connectivity index (χ4n) is 3.06. The second-order valence-electron chi connectivity index (χ2n) is 6.09. The van der Waals surface area contributed by atoms with Gasteiger partial charge in [0.05, 0.1) is 0 Å². The Morgan fingerprint density at radius 3 is 2.20 bits per heavy atom. The molecule has 1 aromatic rings. The number of nitrogens with one attached hydrogen (secondary N) is 1. The third-order valence-corrected chi connectivity index (χ3v) is 4.90. The molecule has 0 saturated heterocycles. The number of hydrogen-bond acceptors (Lipinski definition) is 1. The van der Waals surface area contributed by atoms with Crippen molar-refractivity contribution < 1.29 is 4.79 Å². The van der Waals surface area contributed by atoms with Gasteiger partial charge in [-0.25, -0.2) is 0 Å². The van der Waals surface area contributed by atoms with Gasteiger partial charge in [0.2, 0.25) is 5.91 Å². The van der Waals surface area contributed by atoms with Crippen molar-refractivity contribution in [3.8, 4) is 0 Å². The zero-order chi connectivity index (χ0) is 13.9. The lowest BCUT2D eigenvalue weighted by Gasteiger charge is -2.29. The fourth-order valence-corrected chi connectivity index (χ4v) is 3.06. The highest BCUT2D eigenvalue weighted by Crippen LogP contribution is 2.40. The van der Waals surface area contributed by atoms with Crippen LogP contribution in [0.5, 0.6) is 0 Å². The maximum absolute atomic E-state index is 11.7. The van der Waals surface area contributed by atoms with Crippen LogP contribution in [-0.2, 0) is 4.79 Å². The molecule has 1 aromatic carbocycles. The number of amides is 1. The van der Waals surface area contributed by atoms with Crippen molar-refractivity contribution in [2.45, 2.75) is 44.4 Å². The van der Waals surface area contributed by atoms with Crippen LogP contribution in [-0.4, -0.2) is 13.0 Å². The van der Waals surface area contributed by atoms with Crippen molar-refractivity contribution in [2.75, 3.05) is 7.05 Å². The molecule has 2 nitrogen and oxygen atoms in total. The standard InChI is InChI=1S/C18H23NO/c1-19-18(20)12-17(15-6-3-7-15)16-10-8-14(9-11-16)13-4-2-5-13/h8-13,15H,2-7H2,1H3,(H,19,20)/b17-12+. The molecular weight excluding hydrogens is 246 g/mol. The van der Waals surface area contributed by atoms with Gasteiger partial charge in [-0.05, 0) is 54.2 Å². The summed E-state index contributed by atoms with van der Waals surface area (Å²) in [6.45, 7) is 0. The Bertz CT molecular complexity index is 507. The average Bonchev–Trinajstić information content (AvgIpc) is 2.34. The topological polar surface area (TPSA) is 29.1 Å². The minimum atomic E-state index is 0.00923. The number of benzene rings is 1. The molecule has 3 rings (SSSR count). The van der Waals surface area contributed by atoms with Crippen LogP contribution >= 0.6 is 0 Å². The Kier molecular flexibility index (Phi) is 3.90. The molecule has 0 unspecified atom stereocenters. The van der Waals surface area contributed by atoms with Crippen LogP contribution in [0.15, 0.2) is 30.3 Å². The van der Waals surface area contributed by atoms with Crippen LogP contribution < -0.4 is 5.32 Å². The molecule has 0 atom stereocenters. The zero-order valence-electron chi connectivity index (χ0n) is 12.2. The summed E-state index contributed by atoms with van der Waals surface area (Å²) in [7, 11) is 1.69. The Labute approximate surface area is 121 Å². The molecule has 0 heterocycles. The van der Waals surface area contributed by atoms with Crippen molar-refractivity contribution in [3.63, 3.8) is 0 Å². The molecular formula is C18H23NO. The summed E-state index contributed by atoms with van der Waals surface area (Å²) < 4.78 is 0. The highest BCUT2D eigenvalue weighted by Gasteiger charge is 2.24. The van der Waals surface area contributed by atoms with E-state index >= 15 is 0 Å². The first-order chi connectivity index (χ1) is 9.78. The van der Waals surface area contributed by atoms with E-state index in [1.165, 1.54) is 55.2 Å². The molecule has 2 aliphatic rings. The number of likely N-dealkylation sites (N-methyl/N-ethyl adjacent to an activating group) is 1. The third kappa shape index (κ3) is 2.65. The lowest BCUT2D eigenvalue weighted by Crippen LogP contribution is -2.19. The normalized spacial score (nSPS) is 20.1. The highest BCUT2D eigenvalue weighted by molar-refractivity contribution is 5.95. The van der Waals surface area contributed by atoms with E-state index in [4.69, 9.17) is 0 Å². The molecule has 0 radical (unpaired) electrons. The second-order valence-corrected chi connectivity index (χ2v) is 6.09. The lowest BCUT2D eigenvalue weighted by atomic mass is 9.75. The van der Waals surface area contributed by atoms with Crippen molar-refractivity contribution in [2.24, 2.45) is 5.92 Å². The van der Waals surface area contributed by atoms with E-state index in [1.54, 1.807) is 13.1 Å².